The van der Waals surface area contributed by atoms with Gasteiger partial charge in [0, 0.05) is 12.2 Å². The van der Waals surface area contributed by atoms with E-state index in [-0.39, 0.29) is 18.3 Å². The molecule has 0 aliphatic rings. The fourth-order valence-corrected chi connectivity index (χ4v) is 2.49. The van der Waals surface area contributed by atoms with Crippen LogP contribution in [0, 0.1) is 19.8 Å². The SMILES string of the molecule is Cc1ccc(C)c(C(=O)CSCC(C)CO)c1. The number of hydrogen-bond donors (Lipinski definition) is 1. The number of thioether (sulfide) groups is 1. The van der Waals surface area contributed by atoms with Crippen molar-refractivity contribution in [2.24, 2.45) is 5.92 Å². The second kappa shape index (κ2) is 6.82. The zero-order valence-electron chi connectivity index (χ0n) is 10.7. The molecule has 0 radical (unpaired) electrons. The summed E-state index contributed by atoms with van der Waals surface area (Å²) in [5.41, 5.74) is 2.98. The van der Waals surface area contributed by atoms with Gasteiger partial charge in [-0.05, 0) is 37.1 Å². The third-order valence-electron chi connectivity index (χ3n) is 2.64. The maximum absolute atomic E-state index is 12.0. The van der Waals surface area contributed by atoms with Crippen molar-refractivity contribution in [3.05, 3.63) is 34.9 Å². The second-order valence-corrected chi connectivity index (χ2v) is 5.57. The van der Waals surface area contributed by atoms with Crippen molar-refractivity contribution in [1.82, 2.24) is 0 Å². The summed E-state index contributed by atoms with van der Waals surface area (Å²) in [6, 6.07) is 5.96. The van der Waals surface area contributed by atoms with Crippen molar-refractivity contribution in [3.8, 4) is 0 Å². The summed E-state index contributed by atoms with van der Waals surface area (Å²) in [5.74, 6) is 1.76. The average molecular weight is 252 g/mol. The van der Waals surface area contributed by atoms with E-state index in [1.807, 2.05) is 39.0 Å². The Balaban J connectivity index is 2.55. The van der Waals surface area contributed by atoms with Crippen LogP contribution in [0.15, 0.2) is 18.2 Å². The minimum atomic E-state index is 0.182. The third kappa shape index (κ3) is 4.52. The molecule has 3 heteroatoms. The summed E-state index contributed by atoms with van der Waals surface area (Å²) in [4.78, 5) is 12.0. The number of hydrogen-bond acceptors (Lipinski definition) is 3. The first-order chi connectivity index (χ1) is 8.04. The molecular weight excluding hydrogens is 232 g/mol. The Bertz CT molecular complexity index is 388. The molecule has 1 atom stereocenters. The van der Waals surface area contributed by atoms with Gasteiger partial charge < -0.3 is 5.11 Å². The number of benzene rings is 1. The summed E-state index contributed by atoms with van der Waals surface area (Å²) < 4.78 is 0. The van der Waals surface area contributed by atoms with Gasteiger partial charge in [-0.1, -0.05) is 24.6 Å². The molecule has 0 bridgehead atoms. The number of carbonyl (C=O) groups is 1. The second-order valence-electron chi connectivity index (χ2n) is 4.54. The van der Waals surface area contributed by atoms with Crippen LogP contribution < -0.4 is 0 Å². The fourth-order valence-electron chi connectivity index (χ4n) is 1.52. The van der Waals surface area contributed by atoms with Gasteiger partial charge in [0.25, 0.3) is 0 Å². The molecule has 1 rings (SSSR count). The lowest BCUT2D eigenvalue weighted by Crippen LogP contribution is -2.09. The van der Waals surface area contributed by atoms with Crippen LogP contribution in [-0.2, 0) is 0 Å². The van der Waals surface area contributed by atoms with Gasteiger partial charge in [0.1, 0.15) is 0 Å². The Morgan fingerprint density at radius 2 is 2.12 bits per heavy atom. The predicted octanol–water partition coefficient (Wildman–Crippen LogP) is 2.85. The Morgan fingerprint density at radius 1 is 1.41 bits per heavy atom. The molecule has 0 aliphatic carbocycles. The lowest BCUT2D eigenvalue weighted by molar-refractivity contribution is 0.102. The summed E-state index contributed by atoms with van der Waals surface area (Å²) in [5, 5.41) is 8.90. The van der Waals surface area contributed by atoms with Crippen molar-refractivity contribution in [3.63, 3.8) is 0 Å². The van der Waals surface area contributed by atoms with E-state index in [4.69, 9.17) is 5.11 Å². The number of ketones is 1. The molecule has 1 aromatic carbocycles. The monoisotopic (exact) mass is 252 g/mol. The molecule has 0 saturated heterocycles. The Morgan fingerprint density at radius 3 is 2.76 bits per heavy atom. The van der Waals surface area contributed by atoms with Crippen LogP contribution in [0.5, 0.6) is 0 Å². The number of carbonyl (C=O) groups excluding carboxylic acids is 1. The first-order valence-corrected chi connectivity index (χ1v) is 6.99. The van der Waals surface area contributed by atoms with Gasteiger partial charge in [0.2, 0.25) is 0 Å². The minimum Gasteiger partial charge on any atom is -0.396 e. The van der Waals surface area contributed by atoms with E-state index in [2.05, 4.69) is 0 Å². The molecule has 0 aliphatic heterocycles. The highest BCUT2D eigenvalue weighted by Crippen LogP contribution is 2.15. The quantitative estimate of drug-likeness (QED) is 0.791. The zero-order valence-corrected chi connectivity index (χ0v) is 11.5. The molecule has 0 amide bonds. The molecule has 17 heavy (non-hydrogen) atoms. The van der Waals surface area contributed by atoms with Crippen LogP contribution in [0.25, 0.3) is 0 Å². The normalized spacial score (nSPS) is 12.5. The predicted molar refractivity (Wildman–Crippen MR) is 73.8 cm³/mol. The average Bonchev–Trinajstić information content (AvgIpc) is 2.31. The Labute approximate surface area is 107 Å². The molecule has 1 N–H and O–H groups in total. The van der Waals surface area contributed by atoms with Gasteiger partial charge in [-0.15, -0.1) is 0 Å². The van der Waals surface area contributed by atoms with Crippen molar-refractivity contribution in [2.45, 2.75) is 20.8 Å². The van der Waals surface area contributed by atoms with Crippen molar-refractivity contribution < 1.29 is 9.90 Å². The first kappa shape index (κ1) is 14.3. The number of aliphatic hydroxyl groups is 1. The largest absolute Gasteiger partial charge is 0.396 e. The zero-order chi connectivity index (χ0) is 12.8. The molecule has 1 aromatic rings. The van der Waals surface area contributed by atoms with Gasteiger partial charge in [0.05, 0.1) is 5.75 Å². The van der Waals surface area contributed by atoms with Crippen LogP contribution >= 0.6 is 11.8 Å². The Hall–Kier alpha value is -0.800. The Kier molecular flexibility index (Phi) is 5.72. The van der Waals surface area contributed by atoms with E-state index < -0.39 is 0 Å². The molecule has 94 valence electrons. The van der Waals surface area contributed by atoms with Crippen LogP contribution in [0.1, 0.15) is 28.4 Å². The van der Waals surface area contributed by atoms with E-state index in [1.54, 1.807) is 11.8 Å². The van der Waals surface area contributed by atoms with Crippen molar-refractivity contribution in [2.75, 3.05) is 18.1 Å². The highest BCUT2D eigenvalue weighted by atomic mass is 32.2. The van der Waals surface area contributed by atoms with Crippen LogP contribution in [-0.4, -0.2) is 29.0 Å². The number of rotatable bonds is 6. The maximum atomic E-state index is 12.0. The summed E-state index contributed by atoms with van der Waals surface area (Å²) >= 11 is 1.59. The number of aliphatic hydroxyl groups excluding tert-OH is 1. The fraction of sp³-hybridized carbons (Fsp3) is 0.500. The van der Waals surface area contributed by atoms with Crippen LogP contribution in [0.3, 0.4) is 0 Å². The molecule has 2 nitrogen and oxygen atoms in total. The van der Waals surface area contributed by atoms with E-state index in [9.17, 15) is 4.79 Å². The number of aryl methyl sites for hydroxylation is 2. The minimum absolute atomic E-state index is 0.182. The number of Topliss-reactive ketones (excluding diaryl/α,β-unsaturated/α-hetero) is 1. The van der Waals surface area contributed by atoms with Gasteiger partial charge >= 0.3 is 0 Å². The highest BCUT2D eigenvalue weighted by molar-refractivity contribution is 7.99. The molecule has 0 spiro atoms. The van der Waals surface area contributed by atoms with Gasteiger partial charge in [-0.2, -0.15) is 11.8 Å². The molecule has 0 aromatic heterocycles. The van der Waals surface area contributed by atoms with Gasteiger partial charge in [0.15, 0.2) is 5.78 Å². The maximum Gasteiger partial charge on any atom is 0.172 e. The molecular formula is C14H20O2S. The molecule has 0 saturated carbocycles. The van der Waals surface area contributed by atoms with Crippen molar-refractivity contribution in [1.29, 1.82) is 0 Å². The van der Waals surface area contributed by atoms with Crippen LogP contribution in [0.2, 0.25) is 0 Å². The first-order valence-electron chi connectivity index (χ1n) is 5.83. The van der Waals surface area contributed by atoms with E-state index in [0.717, 1.165) is 22.4 Å². The lowest BCUT2D eigenvalue weighted by Gasteiger charge is -2.08. The topological polar surface area (TPSA) is 37.3 Å². The smallest absolute Gasteiger partial charge is 0.172 e. The summed E-state index contributed by atoms with van der Waals surface area (Å²) in [6.45, 7) is 6.13. The van der Waals surface area contributed by atoms with E-state index >= 15 is 0 Å². The lowest BCUT2D eigenvalue weighted by atomic mass is 10.0. The molecule has 0 fully saturated rings. The van der Waals surface area contributed by atoms with Crippen molar-refractivity contribution >= 4 is 17.5 Å². The van der Waals surface area contributed by atoms with E-state index in [1.165, 1.54) is 0 Å². The molecule has 0 heterocycles. The van der Waals surface area contributed by atoms with E-state index in [0.29, 0.717) is 5.75 Å². The molecule has 1 unspecified atom stereocenters. The standard InChI is InChI=1S/C14H20O2S/c1-10-4-5-12(3)13(6-10)14(16)9-17-8-11(2)7-15/h4-6,11,15H,7-9H2,1-3H3. The van der Waals surface area contributed by atoms with Gasteiger partial charge in [-0.3, -0.25) is 4.79 Å². The highest BCUT2D eigenvalue weighted by Gasteiger charge is 2.10. The summed E-state index contributed by atoms with van der Waals surface area (Å²) in [6.07, 6.45) is 0. The van der Waals surface area contributed by atoms with Gasteiger partial charge in [-0.25, -0.2) is 0 Å². The summed E-state index contributed by atoms with van der Waals surface area (Å²) in [7, 11) is 0. The third-order valence-corrected chi connectivity index (χ3v) is 3.91. The van der Waals surface area contributed by atoms with Crippen LogP contribution in [0.4, 0.5) is 0 Å².